The Morgan fingerprint density at radius 3 is 2.74 bits per heavy atom. The topological polar surface area (TPSA) is 124 Å². The maximum atomic E-state index is 14.0. The molecule has 4 aromatic rings. The summed E-state index contributed by atoms with van der Waals surface area (Å²) in [6, 6.07) is 9.75. The summed E-state index contributed by atoms with van der Waals surface area (Å²) >= 11 is 5.83. The lowest BCUT2D eigenvalue weighted by molar-refractivity contribution is 0.154. The average molecular weight is 503 g/mol. The van der Waals surface area contributed by atoms with Gasteiger partial charge in [0.05, 0.1) is 17.7 Å². The largest absolute Gasteiger partial charge is 0.391 e. The van der Waals surface area contributed by atoms with E-state index in [0.717, 1.165) is 36.9 Å². The molecule has 5 rings (SSSR count). The summed E-state index contributed by atoms with van der Waals surface area (Å²) in [6.45, 7) is 1.23. The molecular formula is C22H20ClFN6O3S. The number of β-amino-alcohol motifs (C(OH)–C–C–N with tert-alkyl or cyclic N) is 1. The van der Waals surface area contributed by atoms with E-state index in [-0.39, 0.29) is 10.7 Å². The molecule has 1 atom stereocenters. The van der Waals surface area contributed by atoms with Crippen LogP contribution in [0.4, 0.5) is 15.9 Å². The summed E-state index contributed by atoms with van der Waals surface area (Å²) in [5.74, 6) is 0.195. The molecule has 2 aromatic heterocycles. The first-order chi connectivity index (χ1) is 16.3. The van der Waals surface area contributed by atoms with Crippen LogP contribution in [-0.4, -0.2) is 52.9 Å². The van der Waals surface area contributed by atoms with Gasteiger partial charge in [0.15, 0.2) is 11.5 Å². The number of rotatable bonds is 5. The lowest BCUT2D eigenvalue weighted by Crippen LogP contribution is -2.38. The maximum Gasteiger partial charge on any atom is 0.264 e. The number of hydrogen-bond acceptors (Lipinski definition) is 7. The van der Waals surface area contributed by atoms with Gasteiger partial charge >= 0.3 is 0 Å². The Morgan fingerprint density at radius 2 is 1.97 bits per heavy atom. The van der Waals surface area contributed by atoms with Crippen LogP contribution >= 0.6 is 11.6 Å². The van der Waals surface area contributed by atoms with Crippen molar-refractivity contribution in [2.45, 2.75) is 23.8 Å². The van der Waals surface area contributed by atoms with Crippen LogP contribution in [0.1, 0.15) is 12.8 Å². The molecule has 0 amide bonds. The van der Waals surface area contributed by atoms with Crippen molar-refractivity contribution in [3.05, 3.63) is 59.5 Å². The molecule has 176 valence electrons. The molecule has 0 radical (unpaired) electrons. The molecular weight excluding hydrogens is 483 g/mol. The van der Waals surface area contributed by atoms with Gasteiger partial charge in [-0.05, 0) is 55.3 Å². The van der Waals surface area contributed by atoms with E-state index >= 15 is 0 Å². The fourth-order valence-electron chi connectivity index (χ4n) is 3.92. The fourth-order valence-corrected chi connectivity index (χ4v) is 5.32. The quantitative estimate of drug-likeness (QED) is 0.381. The minimum atomic E-state index is -4.18. The summed E-state index contributed by atoms with van der Waals surface area (Å²) in [5, 5.41) is 17.9. The summed E-state index contributed by atoms with van der Waals surface area (Å²) in [7, 11) is -4.18. The zero-order valence-corrected chi connectivity index (χ0v) is 19.3. The van der Waals surface area contributed by atoms with Gasteiger partial charge in [0, 0.05) is 29.4 Å². The number of anilines is 2. The third-order valence-corrected chi connectivity index (χ3v) is 7.20. The highest BCUT2D eigenvalue weighted by atomic mass is 35.5. The molecule has 0 bridgehead atoms. The number of aromatic nitrogens is 4. The van der Waals surface area contributed by atoms with Crippen molar-refractivity contribution < 1.29 is 17.9 Å². The van der Waals surface area contributed by atoms with E-state index < -0.39 is 26.8 Å². The molecule has 1 fully saturated rings. The van der Waals surface area contributed by atoms with Gasteiger partial charge in [-0.2, -0.15) is 5.10 Å². The van der Waals surface area contributed by atoms with Gasteiger partial charge in [-0.15, -0.1) is 0 Å². The van der Waals surface area contributed by atoms with E-state index in [1.54, 1.807) is 30.5 Å². The monoisotopic (exact) mass is 502 g/mol. The van der Waals surface area contributed by atoms with Crippen molar-refractivity contribution in [2.75, 3.05) is 22.7 Å². The number of sulfonamides is 1. The maximum absolute atomic E-state index is 14.0. The van der Waals surface area contributed by atoms with E-state index in [1.807, 2.05) is 4.90 Å². The normalized spacial score (nSPS) is 16.7. The van der Waals surface area contributed by atoms with Crippen LogP contribution in [0.15, 0.2) is 53.6 Å². The first kappa shape index (κ1) is 22.5. The molecule has 1 unspecified atom stereocenters. The first-order valence-electron chi connectivity index (χ1n) is 10.5. The molecule has 1 aliphatic rings. The van der Waals surface area contributed by atoms with Crippen LogP contribution in [0.5, 0.6) is 0 Å². The Bertz CT molecular complexity index is 1460. The van der Waals surface area contributed by atoms with Gasteiger partial charge in [0.25, 0.3) is 10.0 Å². The average Bonchev–Trinajstić information content (AvgIpc) is 3.29. The number of halogens is 2. The zero-order chi connectivity index (χ0) is 23.9. The van der Waals surface area contributed by atoms with Crippen molar-refractivity contribution in [1.82, 2.24) is 20.2 Å². The number of fused-ring (bicyclic) bond motifs is 1. The lowest BCUT2D eigenvalue weighted by atomic mass is 10.1. The summed E-state index contributed by atoms with van der Waals surface area (Å²) in [5.41, 5.74) is 1.44. The van der Waals surface area contributed by atoms with Crippen molar-refractivity contribution in [1.29, 1.82) is 0 Å². The molecule has 2 aromatic carbocycles. The predicted molar refractivity (Wildman–Crippen MR) is 127 cm³/mol. The van der Waals surface area contributed by atoms with Gasteiger partial charge in [-0.25, -0.2) is 22.8 Å². The van der Waals surface area contributed by atoms with Crippen LogP contribution in [0, 0.1) is 5.82 Å². The minimum Gasteiger partial charge on any atom is -0.391 e. The Labute approximate surface area is 199 Å². The molecule has 1 saturated heterocycles. The third-order valence-electron chi connectivity index (χ3n) is 5.56. The number of aliphatic hydroxyl groups excluding tert-OH is 1. The fraction of sp³-hybridized carbons (Fsp3) is 0.227. The number of benzene rings is 2. The van der Waals surface area contributed by atoms with E-state index in [1.165, 1.54) is 6.07 Å². The molecule has 3 N–H and O–H groups in total. The van der Waals surface area contributed by atoms with E-state index in [0.29, 0.717) is 29.4 Å². The molecule has 34 heavy (non-hydrogen) atoms. The van der Waals surface area contributed by atoms with E-state index in [2.05, 4.69) is 19.9 Å². The van der Waals surface area contributed by atoms with Crippen molar-refractivity contribution in [2.24, 2.45) is 0 Å². The Hall–Kier alpha value is -3.28. The van der Waals surface area contributed by atoms with Crippen LogP contribution in [-0.2, 0) is 10.0 Å². The number of nitrogens with zero attached hydrogens (tertiary/aromatic N) is 4. The SMILES string of the molecule is O=S(=O)(Nc1ccc(-c2nc(N3CCCC(O)C3)c3cn[nH]c3n2)cc1)c1cc(Cl)ccc1F. The van der Waals surface area contributed by atoms with Gasteiger partial charge in [-0.3, -0.25) is 9.82 Å². The minimum absolute atomic E-state index is 0.112. The molecule has 12 heteroatoms. The highest BCUT2D eigenvalue weighted by molar-refractivity contribution is 7.92. The molecule has 0 saturated carbocycles. The van der Waals surface area contributed by atoms with Crippen LogP contribution in [0.2, 0.25) is 5.02 Å². The summed E-state index contributed by atoms with van der Waals surface area (Å²) < 4.78 is 41.6. The molecule has 0 aliphatic carbocycles. The van der Waals surface area contributed by atoms with Crippen molar-refractivity contribution in [3.8, 4) is 11.4 Å². The Balaban J connectivity index is 1.44. The molecule has 3 heterocycles. The van der Waals surface area contributed by atoms with E-state index in [9.17, 15) is 17.9 Å². The van der Waals surface area contributed by atoms with Gasteiger partial charge < -0.3 is 10.0 Å². The second-order valence-corrected chi connectivity index (χ2v) is 10.1. The van der Waals surface area contributed by atoms with Crippen molar-refractivity contribution in [3.63, 3.8) is 0 Å². The highest BCUT2D eigenvalue weighted by Crippen LogP contribution is 2.29. The second kappa shape index (κ2) is 8.82. The van der Waals surface area contributed by atoms with Crippen LogP contribution < -0.4 is 9.62 Å². The summed E-state index contributed by atoms with van der Waals surface area (Å²) in [4.78, 5) is 10.7. The molecule has 0 spiro atoms. The second-order valence-electron chi connectivity index (χ2n) is 8.00. The Morgan fingerprint density at radius 1 is 1.18 bits per heavy atom. The van der Waals surface area contributed by atoms with Gasteiger partial charge in [0.1, 0.15) is 16.5 Å². The van der Waals surface area contributed by atoms with Crippen LogP contribution in [0.3, 0.4) is 0 Å². The standard InChI is InChI=1S/C22H20ClFN6O3S/c23-14-5-8-18(24)19(10-14)34(32,33)29-15-6-3-13(4-7-15)20-26-21-17(11-25-28-21)22(27-20)30-9-1-2-16(31)12-30/h3-8,10-11,16,29,31H,1-2,9,12H2,(H,25,26,27,28). The van der Waals surface area contributed by atoms with Gasteiger partial charge in [0.2, 0.25) is 0 Å². The smallest absolute Gasteiger partial charge is 0.264 e. The van der Waals surface area contributed by atoms with Gasteiger partial charge in [-0.1, -0.05) is 11.6 Å². The number of H-pyrrole nitrogens is 1. The number of aliphatic hydroxyl groups is 1. The number of nitrogens with one attached hydrogen (secondary N) is 2. The predicted octanol–water partition coefficient (Wildman–Crippen LogP) is 3.57. The van der Waals surface area contributed by atoms with E-state index in [4.69, 9.17) is 16.6 Å². The third kappa shape index (κ3) is 4.41. The number of piperidine rings is 1. The Kier molecular flexibility index (Phi) is 5.84. The zero-order valence-electron chi connectivity index (χ0n) is 17.7. The highest BCUT2D eigenvalue weighted by Gasteiger charge is 2.23. The number of aromatic amines is 1. The van der Waals surface area contributed by atoms with Crippen molar-refractivity contribution >= 4 is 44.2 Å². The lowest BCUT2D eigenvalue weighted by Gasteiger charge is -2.31. The summed E-state index contributed by atoms with van der Waals surface area (Å²) in [6.07, 6.45) is 2.83. The molecule has 9 nitrogen and oxygen atoms in total. The first-order valence-corrected chi connectivity index (χ1v) is 12.4. The molecule has 1 aliphatic heterocycles. The van der Waals surface area contributed by atoms with Crippen LogP contribution in [0.25, 0.3) is 22.4 Å². The number of hydrogen-bond donors (Lipinski definition) is 3.